The summed E-state index contributed by atoms with van der Waals surface area (Å²) in [5.41, 5.74) is 6.49. The first-order valence-electron chi connectivity index (χ1n) is 5.28. The second kappa shape index (κ2) is 5.75. The Labute approximate surface area is 128 Å². The highest BCUT2D eigenvalue weighted by molar-refractivity contribution is 14.1. The van der Waals surface area contributed by atoms with E-state index in [1.54, 1.807) is 18.2 Å². The molecule has 0 unspecified atom stereocenters. The molecular weight excluding hydrogens is 382 g/mol. The molecule has 0 radical (unpaired) electrons. The quantitative estimate of drug-likeness (QED) is 0.603. The maximum Gasteiger partial charge on any atom is 0.256 e. The molecule has 0 saturated carbocycles. The zero-order valence-electron chi connectivity index (χ0n) is 9.58. The third-order valence-corrected chi connectivity index (χ3v) is 3.53. The van der Waals surface area contributed by atoms with Crippen molar-refractivity contribution in [1.82, 2.24) is 0 Å². The van der Waals surface area contributed by atoms with Crippen molar-refractivity contribution in [3.63, 3.8) is 0 Å². The largest absolute Gasteiger partial charge is 0.399 e. The molecule has 0 fully saturated rings. The Bertz CT molecular complexity index is 628. The predicted molar refractivity (Wildman–Crippen MR) is 82.9 cm³/mol. The molecule has 2 aromatic rings. The summed E-state index contributed by atoms with van der Waals surface area (Å²) in [7, 11) is 0. The fourth-order valence-electron chi connectivity index (χ4n) is 1.55. The summed E-state index contributed by atoms with van der Waals surface area (Å²) in [5, 5.41) is 3.05. The van der Waals surface area contributed by atoms with Crippen LogP contribution < -0.4 is 11.1 Å². The summed E-state index contributed by atoms with van der Waals surface area (Å²) in [6.07, 6.45) is 0. The first kappa shape index (κ1) is 14.1. The van der Waals surface area contributed by atoms with Gasteiger partial charge in [0.1, 0.15) is 5.82 Å². The third kappa shape index (κ3) is 3.57. The number of hydrogen-bond acceptors (Lipinski definition) is 2. The van der Waals surface area contributed by atoms with Crippen LogP contribution in [-0.2, 0) is 0 Å². The summed E-state index contributed by atoms with van der Waals surface area (Å²) in [4.78, 5) is 12.1. The van der Waals surface area contributed by atoms with Crippen LogP contribution in [0.25, 0.3) is 0 Å². The van der Waals surface area contributed by atoms with Gasteiger partial charge in [0.05, 0.1) is 5.56 Å². The molecule has 2 aromatic carbocycles. The van der Waals surface area contributed by atoms with Gasteiger partial charge in [0, 0.05) is 20.0 Å². The highest BCUT2D eigenvalue weighted by atomic mass is 127. The minimum absolute atomic E-state index is 0.246. The molecule has 0 spiro atoms. The third-order valence-electron chi connectivity index (χ3n) is 2.35. The molecule has 0 saturated heterocycles. The first-order chi connectivity index (χ1) is 8.95. The molecule has 2 rings (SSSR count). The minimum atomic E-state index is -0.504. The number of rotatable bonds is 2. The Morgan fingerprint density at radius 3 is 2.68 bits per heavy atom. The van der Waals surface area contributed by atoms with Gasteiger partial charge >= 0.3 is 0 Å². The number of nitrogens with two attached hydrogens (primary N) is 1. The Balaban J connectivity index is 2.28. The molecule has 6 heteroatoms. The van der Waals surface area contributed by atoms with Crippen LogP contribution in [0.1, 0.15) is 10.4 Å². The number of benzene rings is 2. The van der Waals surface area contributed by atoms with Crippen molar-refractivity contribution < 1.29 is 9.18 Å². The van der Waals surface area contributed by atoms with E-state index in [1.807, 2.05) is 22.6 Å². The molecule has 0 aliphatic carbocycles. The van der Waals surface area contributed by atoms with Gasteiger partial charge in [-0.3, -0.25) is 4.79 Å². The average Bonchev–Trinajstić information content (AvgIpc) is 2.30. The Kier molecular flexibility index (Phi) is 4.26. The van der Waals surface area contributed by atoms with Gasteiger partial charge in [0.2, 0.25) is 0 Å². The number of amides is 1. The second-order valence-electron chi connectivity index (χ2n) is 3.85. The summed E-state index contributed by atoms with van der Waals surface area (Å²) in [5.74, 6) is -0.868. The standard InChI is InChI=1S/C13H9ClFIN2O/c14-7-1-2-12(16)11(3-7)13(19)18-10-5-8(15)4-9(17)6-10/h1-6H,17H2,(H,18,19). The number of hydrogen-bond donors (Lipinski definition) is 2. The van der Waals surface area contributed by atoms with Gasteiger partial charge in [-0.2, -0.15) is 0 Å². The second-order valence-corrected chi connectivity index (χ2v) is 5.45. The summed E-state index contributed by atoms with van der Waals surface area (Å²) < 4.78 is 13.9. The fourth-order valence-corrected chi connectivity index (χ4v) is 2.31. The van der Waals surface area contributed by atoms with E-state index >= 15 is 0 Å². The van der Waals surface area contributed by atoms with Crippen LogP contribution in [0.3, 0.4) is 0 Å². The lowest BCUT2D eigenvalue weighted by atomic mass is 10.2. The molecule has 0 bridgehead atoms. The number of carbonyl (C=O) groups is 1. The van der Waals surface area contributed by atoms with Gasteiger partial charge in [-0.15, -0.1) is 0 Å². The number of nitrogen functional groups attached to an aromatic ring is 1. The van der Waals surface area contributed by atoms with Gasteiger partial charge in [-0.05, 0) is 59.0 Å². The van der Waals surface area contributed by atoms with Crippen molar-refractivity contribution in [2.45, 2.75) is 0 Å². The lowest BCUT2D eigenvalue weighted by molar-refractivity contribution is 0.102. The van der Waals surface area contributed by atoms with Gasteiger partial charge in [-0.1, -0.05) is 11.6 Å². The molecule has 0 aliphatic rings. The monoisotopic (exact) mass is 390 g/mol. The van der Waals surface area contributed by atoms with E-state index in [2.05, 4.69) is 5.32 Å². The van der Waals surface area contributed by atoms with E-state index in [-0.39, 0.29) is 11.6 Å². The summed E-state index contributed by atoms with van der Waals surface area (Å²) in [6.45, 7) is 0. The van der Waals surface area contributed by atoms with Crippen LogP contribution in [0.15, 0.2) is 36.4 Å². The fraction of sp³-hybridized carbons (Fsp3) is 0. The minimum Gasteiger partial charge on any atom is -0.399 e. The van der Waals surface area contributed by atoms with E-state index in [0.717, 1.165) is 3.57 Å². The van der Waals surface area contributed by atoms with Crippen molar-refractivity contribution in [3.05, 3.63) is 56.4 Å². The number of halogens is 3. The van der Waals surface area contributed by atoms with Gasteiger partial charge in [-0.25, -0.2) is 4.39 Å². The zero-order valence-corrected chi connectivity index (χ0v) is 12.5. The van der Waals surface area contributed by atoms with Crippen molar-refractivity contribution >= 4 is 51.5 Å². The zero-order chi connectivity index (χ0) is 14.0. The molecule has 98 valence electrons. The van der Waals surface area contributed by atoms with E-state index < -0.39 is 5.82 Å². The lowest BCUT2D eigenvalue weighted by Crippen LogP contribution is -2.13. The maximum atomic E-state index is 13.2. The SMILES string of the molecule is Nc1cc(F)cc(NC(=O)c2cc(Cl)ccc2I)c1. The van der Waals surface area contributed by atoms with Crippen molar-refractivity contribution in [1.29, 1.82) is 0 Å². The van der Waals surface area contributed by atoms with Gasteiger partial charge in [0.25, 0.3) is 5.91 Å². The van der Waals surface area contributed by atoms with Gasteiger partial charge in [0.15, 0.2) is 0 Å². The molecule has 0 heterocycles. The van der Waals surface area contributed by atoms with Crippen molar-refractivity contribution in [2.75, 3.05) is 11.1 Å². The molecule has 19 heavy (non-hydrogen) atoms. The molecule has 0 aliphatic heterocycles. The molecule has 3 nitrogen and oxygen atoms in total. The first-order valence-corrected chi connectivity index (χ1v) is 6.74. The van der Waals surface area contributed by atoms with Crippen LogP contribution in [-0.4, -0.2) is 5.91 Å². The number of anilines is 2. The predicted octanol–water partition coefficient (Wildman–Crippen LogP) is 3.92. The maximum absolute atomic E-state index is 13.2. The molecule has 0 aromatic heterocycles. The van der Waals surface area contributed by atoms with Crippen LogP contribution >= 0.6 is 34.2 Å². The van der Waals surface area contributed by atoms with Crippen LogP contribution in [0, 0.1) is 9.39 Å². The highest BCUT2D eigenvalue weighted by Gasteiger charge is 2.11. The smallest absolute Gasteiger partial charge is 0.256 e. The summed E-state index contributed by atoms with van der Waals surface area (Å²) >= 11 is 7.88. The topological polar surface area (TPSA) is 55.1 Å². The van der Waals surface area contributed by atoms with Crippen LogP contribution in [0.4, 0.5) is 15.8 Å². The van der Waals surface area contributed by atoms with Crippen molar-refractivity contribution in [2.24, 2.45) is 0 Å². The molecular formula is C13H9ClFIN2O. The Morgan fingerprint density at radius 2 is 2.00 bits per heavy atom. The average molecular weight is 391 g/mol. The van der Waals surface area contributed by atoms with Crippen molar-refractivity contribution in [3.8, 4) is 0 Å². The molecule has 0 atom stereocenters. The van der Waals surface area contributed by atoms with Gasteiger partial charge < -0.3 is 11.1 Å². The summed E-state index contributed by atoms with van der Waals surface area (Å²) in [6, 6.07) is 8.85. The van der Waals surface area contributed by atoms with Crippen LogP contribution in [0.2, 0.25) is 5.02 Å². The van der Waals surface area contributed by atoms with E-state index in [4.69, 9.17) is 17.3 Å². The van der Waals surface area contributed by atoms with E-state index in [9.17, 15) is 9.18 Å². The van der Waals surface area contributed by atoms with Crippen LogP contribution in [0.5, 0.6) is 0 Å². The Hall–Kier alpha value is -1.34. The lowest BCUT2D eigenvalue weighted by Gasteiger charge is -2.08. The Morgan fingerprint density at radius 1 is 1.26 bits per heavy atom. The number of carbonyl (C=O) groups excluding carboxylic acids is 1. The highest BCUT2D eigenvalue weighted by Crippen LogP contribution is 2.21. The van der Waals surface area contributed by atoms with E-state index in [1.165, 1.54) is 18.2 Å². The molecule has 3 N–H and O–H groups in total. The normalized spacial score (nSPS) is 10.3. The van der Waals surface area contributed by atoms with E-state index in [0.29, 0.717) is 16.3 Å². The number of nitrogens with one attached hydrogen (secondary N) is 1. The molecule has 1 amide bonds.